The minimum atomic E-state index is -4.71. The summed E-state index contributed by atoms with van der Waals surface area (Å²) in [7, 11) is 0. The molecule has 0 unspecified atom stereocenters. The molecular weight excluding hydrogens is 542 g/mol. The van der Waals surface area contributed by atoms with E-state index in [0.717, 1.165) is 22.0 Å². The second-order valence-electron chi connectivity index (χ2n) is 10.4. The number of hydrogen-bond donors (Lipinski definition) is 0. The Bertz CT molecular complexity index is 1570. The van der Waals surface area contributed by atoms with E-state index in [0.29, 0.717) is 11.6 Å². The van der Waals surface area contributed by atoms with E-state index in [1.54, 1.807) is 0 Å². The molecule has 2 aromatic heterocycles. The van der Waals surface area contributed by atoms with Crippen molar-refractivity contribution in [2.75, 3.05) is 4.90 Å². The highest BCUT2D eigenvalue weighted by Gasteiger charge is 2.41. The zero-order valence-corrected chi connectivity index (χ0v) is 21.4. The lowest BCUT2D eigenvalue weighted by molar-refractivity contribution is -0.144. The summed E-state index contributed by atoms with van der Waals surface area (Å²) in [6.45, 7) is 5.25. The van der Waals surface area contributed by atoms with E-state index in [1.807, 2.05) is 20.8 Å². The van der Waals surface area contributed by atoms with Crippen LogP contribution in [0.4, 0.5) is 32.0 Å². The number of fused-ring (bicyclic) bond motifs is 1. The van der Waals surface area contributed by atoms with Gasteiger partial charge >= 0.3 is 6.18 Å². The molecule has 1 aliphatic rings. The van der Waals surface area contributed by atoms with Gasteiger partial charge in [-0.2, -0.15) is 13.2 Å². The van der Waals surface area contributed by atoms with E-state index >= 15 is 13.2 Å². The lowest BCUT2D eigenvalue weighted by atomic mass is 9.97. The van der Waals surface area contributed by atoms with E-state index in [2.05, 4.69) is 20.3 Å². The normalized spacial score (nSPS) is 15.7. The van der Waals surface area contributed by atoms with Crippen LogP contribution in [0.25, 0.3) is 17.1 Å². The predicted octanol–water partition coefficient (Wildman–Crippen LogP) is 6.19. The van der Waals surface area contributed by atoms with Crippen LogP contribution in [0.3, 0.4) is 0 Å². The van der Waals surface area contributed by atoms with Gasteiger partial charge in [-0.15, -0.1) is 15.3 Å². The predicted molar refractivity (Wildman–Crippen MR) is 129 cm³/mol. The maximum Gasteiger partial charge on any atom is 0.453 e. The molecule has 0 radical (unpaired) electrons. The zero-order chi connectivity index (χ0) is 29.0. The first-order valence-corrected chi connectivity index (χ1v) is 12.1. The van der Waals surface area contributed by atoms with Gasteiger partial charge in [0.25, 0.3) is 17.6 Å². The van der Waals surface area contributed by atoms with E-state index in [-0.39, 0.29) is 35.3 Å². The van der Waals surface area contributed by atoms with Crippen molar-refractivity contribution in [1.82, 2.24) is 25.0 Å². The highest BCUT2D eigenvalue weighted by molar-refractivity contribution is 5.96. The number of rotatable bonds is 4. The Kier molecular flexibility index (Phi) is 6.46. The van der Waals surface area contributed by atoms with Crippen LogP contribution >= 0.6 is 0 Å². The average Bonchev–Trinajstić information content (AvgIpc) is 3.55. The van der Waals surface area contributed by atoms with Crippen LogP contribution in [-0.4, -0.2) is 30.9 Å². The molecule has 1 aliphatic heterocycles. The first-order valence-electron chi connectivity index (χ1n) is 12.1. The van der Waals surface area contributed by atoms with Crippen molar-refractivity contribution in [3.63, 3.8) is 0 Å². The molecule has 0 saturated carbocycles. The van der Waals surface area contributed by atoms with Crippen LogP contribution in [0.5, 0.6) is 0 Å². The second-order valence-corrected chi connectivity index (χ2v) is 10.4. The fourth-order valence-electron chi connectivity index (χ4n) is 4.17. The minimum Gasteiger partial charge on any atom is -0.420 e. The summed E-state index contributed by atoms with van der Waals surface area (Å²) >= 11 is 0. The lowest BCUT2D eigenvalue weighted by Gasteiger charge is -2.25. The zero-order valence-electron chi connectivity index (χ0n) is 21.4. The van der Waals surface area contributed by atoms with Crippen LogP contribution in [0, 0.1) is 5.82 Å². The smallest absolute Gasteiger partial charge is 0.420 e. The Hall–Kier alpha value is -4.23. The van der Waals surface area contributed by atoms with E-state index < -0.39 is 53.5 Å². The third-order valence-corrected chi connectivity index (χ3v) is 6.31. The highest BCUT2D eigenvalue weighted by atomic mass is 19.4. The quantitative estimate of drug-likeness (QED) is 0.275. The van der Waals surface area contributed by atoms with Crippen LogP contribution in [0.15, 0.2) is 47.1 Å². The summed E-state index contributed by atoms with van der Waals surface area (Å²) in [5.41, 5.74) is -0.919. The van der Waals surface area contributed by atoms with Crippen LogP contribution in [0.2, 0.25) is 0 Å². The van der Waals surface area contributed by atoms with Gasteiger partial charge in [-0.3, -0.25) is 4.79 Å². The summed E-state index contributed by atoms with van der Waals surface area (Å²) < 4.78 is 90.3. The lowest BCUT2D eigenvalue weighted by Crippen LogP contribution is -2.29. The van der Waals surface area contributed by atoms with Crippen molar-refractivity contribution in [2.24, 2.45) is 0 Å². The first-order chi connectivity index (χ1) is 18.6. The molecule has 1 amide bonds. The Balaban J connectivity index is 1.51. The molecule has 5 rings (SSSR count). The summed E-state index contributed by atoms with van der Waals surface area (Å²) in [5.74, 6) is -6.43. The summed E-state index contributed by atoms with van der Waals surface area (Å²) in [4.78, 5) is 17.4. The number of hydrogen-bond acceptors (Lipinski definition) is 6. The van der Waals surface area contributed by atoms with Crippen molar-refractivity contribution in [3.8, 4) is 17.1 Å². The molecule has 14 heteroatoms. The van der Waals surface area contributed by atoms with Crippen LogP contribution in [0.1, 0.15) is 56.5 Å². The number of benzene rings is 2. The van der Waals surface area contributed by atoms with Crippen molar-refractivity contribution in [1.29, 1.82) is 0 Å². The second kappa shape index (κ2) is 9.45. The number of halogens is 6. The van der Waals surface area contributed by atoms with Gasteiger partial charge in [0.05, 0.1) is 23.5 Å². The molecule has 8 nitrogen and oxygen atoms in total. The van der Waals surface area contributed by atoms with Crippen molar-refractivity contribution >= 4 is 11.6 Å². The molecule has 0 spiro atoms. The van der Waals surface area contributed by atoms with Crippen LogP contribution < -0.4 is 4.90 Å². The number of carbonyl (C=O) groups is 1. The van der Waals surface area contributed by atoms with E-state index in [4.69, 9.17) is 4.42 Å². The summed E-state index contributed by atoms with van der Waals surface area (Å²) in [6.07, 6.45) is -5.10. The minimum absolute atomic E-state index is 0.171. The Labute approximate surface area is 223 Å². The molecule has 210 valence electrons. The fraction of sp³-hybridized carbons (Fsp3) is 0.346. The van der Waals surface area contributed by atoms with Gasteiger partial charge in [0.1, 0.15) is 12.1 Å². The third-order valence-electron chi connectivity index (χ3n) is 6.31. The Morgan fingerprint density at radius 1 is 1.05 bits per heavy atom. The standard InChI is InChI=1S/C26H22F6N6O2/c1-24(2,3)23-35-34-21(40-23)16-10-19-17(11-18(16)27)25(28,29)9-8-20(39)37(19)12-14-4-6-15(7-5-14)38-13-33-22(36-38)26(30,31)32/h4-7,10-11,13H,8-9,12H2,1-3H3. The number of alkyl halides is 5. The van der Waals surface area contributed by atoms with Crippen molar-refractivity contribution < 1.29 is 35.6 Å². The number of amides is 1. The molecule has 2 aromatic carbocycles. The summed E-state index contributed by atoms with van der Waals surface area (Å²) in [6, 6.07) is 7.71. The molecule has 0 atom stereocenters. The van der Waals surface area contributed by atoms with E-state index in [9.17, 15) is 18.0 Å². The van der Waals surface area contributed by atoms with E-state index in [1.165, 1.54) is 24.3 Å². The average molecular weight is 564 g/mol. The monoisotopic (exact) mass is 564 g/mol. The molecule has 4 aromatic rings. The van der Waals surface area contributed by atoms with Crippen LogP contribution in [-0.2, 0) is 28.9 Å². The van der Waals surface area contributed by atoms with Gasteiger partial charge in [0, 0.05) is 23.8 Å². The fourth-order valence-corrected chi connectivity index (χ4v) is 4.17. The molecule has 40 heavy (non-hydrogen) atoms. The topological polar surface area (TPSA) is 89.9 Å². The molecule has 0 N–H and O–H groups in total. The number of aromatic nitrogens is 5. The van der Waals surface area contributed by atoms with Gasteiger partial charge in [-0.1, -0.05) is 32.9 Å². The maximum absolute atomic E-state index is 15.1. The van der Waals surface area contributed by atoms with Gasteiger partial charge in [-0.05, 0) is 29.8 Å². The van der Waals surface area contributed by atoms with Crippen molar-refractivity contribution in [3.05, 3.63) is 71.4 Å². The van der Waals surface area contributed by atoms with Gasteiger partial charge in [0.2, 0.25) is 11.8 Å². The largest absolute Gasteiger partial charge is 0.453 e. The Morgan fingerprint density at radius 2 is 1.75 bits per heavy atom. The number of carbonyl (C=O) groups excluding carboxylic acids is 1. The Morgan fingerprint density at radius 3 is 2.35 bits per heavy atom. The first kappa shape index (κ1) is 27.3. The molecule has 0 aliphatic carbocycles. The van der Waals surface area contributed by atoms with Crippen molar-refractivity contribution in [2.45, 2.75) is 57.7 Å². The van der Waals surface area contributed by atoms with Gasteiger partial charge in [0.15, 0.2) is 0 Å². The third kappa shape index (κ3) is 5.17. The highest BCUT2D eigenvalue weighted by Crippen LogP contribution is 2.45. The van der Waals surface area contributed by atoms with Gasteiger partial charge < -0.3 is 9.32 Å². The van der Waals surface area contributed by atoms with Gasteiger partial charge in [-0.25, -0.2) is 22.8 Å². The number of anilines is 1. The molecule has 0 fully saturated rings. The molecule has 3 heterocycles. The maximum atomic E-state index is 15.1. The summed E-state index contributed by atoms with van der Waals surface area (Å²) in [5, 5.41) is 11.2. The molecular formula is C26H22F6N6O2. The number of nitrogens with zero attached hydrogens (tertiary/aromatic N) is 6. The molecule has 0 saturated heterocycles. The molecule has 0 bridgehead atoms. The SMILES string of the molecule is CC(C)(C)c1nnc(-c2cc3c(cc2F)C(F)(F)CCC(=O)N3Cc2ccc(-n3cnc(C(F)(F)F)n3)cc2)o1.